The van der Waals surface area contributed by atoms with Crippen LogP contribution in [0, 0.1) is 0 Å². The van der Waals surface area contributed by atoms with Gasteiger partial charge in [0.25, 0.3) is 11.8 Å². The van der Waals surface area contributed by atoms with Crippen molar-refractivity contribution in [3.05, 3.63) is 65.2 Å². The van der Waals surface area contributed by atoms with Crippen LogP contribution in [0.25, 0.3) is 0 Å². The van der Waals surface area contributed by atoms with Crippen LogP contribution >= 0.6 is 0 Å². The summed E-state index contributed by atoms with van der Waals surface area (Å²) in [5.74, 6) is -1.41. The van der Waals surface area contributed by atoms with Crippen molar-refractivity contribution in [2.75, 3.05) is 11.4 Å². The second-order valence-electron chi connectivity index (χ2n) is 8.32. The summed E-state index contributed by atoms with van der Waals surface area (Å²) < 4.78 is 0. The van der Waals surface area contributed by atoms with Gasteiger partial charge in [-0.15, -0.1) is 0 Å². The van der Waals surface area contributed by atoms with Gasteiger partial charge in [-0.25, -0.2) is 0 Å². The molecule has 8 heteroatoms. The molecule has 8 nitrogen and oxygen atoms in total. The van der Waals surface area contributed by atoms with Crippen LogP contribution in [0.1, 0.15) is 42.5 Å². The normalized spacial score (nSPS) is 18.3. The van der Waals surface area contributed by atoms with Crippen LogP contribution in [0.5, 0.6) is 0 Å². The molecule has 168 valence electrons. The summed E-state index contributed by atoms with van der Waals surface area (Å²) in [4.78, 5) is 40.1. The number of hydrogen-bond acceptors (Lipinski definition) is 5. The molecule has 2 aromatic carbocycles. The number of anilines is 1. The van der Waals surface area contributed by atoms with Crippen LogP contribution in [-0.4, -0.2) is 51.6 Å². The topological polar surface area (TPSA) is 110 Å². The van der Waals surface area contributed by atoms with Crippen molar-refractivity contribution < 1.29 is 24.6 Å². The first kappa shape index (κ1) is 22.0. The van der Waals surface area contributed by atoms with E-state index < -0.39 is 30.1 Å². The molecular weight excluding hydrogens is 410 g/mol. The molecule has 3 amide bonds. The maximum absolute atomic E-state index is 12.6. The zero-order chi connectivity index (χ0) is 22.8. The van der Waals surface area contributed by atoms with E-state index in [1.165, 1.54) is 4.90 Å². The molecular formula is C24H27N3O5. The predicted molar refractivity (Wildman–Crippen MR) is 117 cm³/mol. The summed E-state index contributed by atoms with van der Waals surface area (Å²) in [7, 11) is 0. The minimum Gasteiger partial charge on any atom is -0.380 e. The molecule has 3 N–H and O–H groups in total. The lowest BCUT2D eigenvalue weighted by Crippen LogP contribution is -2.50. The average Bonchev–Trinajstić information content (AvgIpc) is 3.43. The highest BCUT2D eigenvalue weighted by molar-refractivity contribution is 5.95. The van der Waals surface area contributed by atoms with Gasteiger partial charge < -0.3 is 25.3 Å². The van der Waals surface area contributed by atoms with E-state index in [4.69, 9.17) is 0 Å². The largest absolute Gasteiger partial charge is 0.380 e. The summed E-state index contributed by atoms with van der Waals surface area (Å²) in [6.07, 6.45) is -2.33. The molecule has 2 aromatic rings. The van der Waals surface area contributed by atoms with Gasteiger partial charge in [0.05, 0.1) is 6.04 Å². The van der Waals surface area contributed by atoms with Gasteiger partial charge in [0.1, 0.15) is 0 Å². The molecule has 0 aliphatic carbocycles. The molecule has 3 atom stereocenters. The number of carbonyl (C=O) groups excluding carboxylic acids is 3. The Morgan fingerprint density at radius 3 is 2.16 bits per heavy atom. The van der Waals surface area contributed by atoms with E-state index in [0.29, 0.717) is 26.1 Å². The quantitative estimate of drug-likeness (QED) is 0.630. The Morgan fingerprint density at radius 1 is 0.969 bits per heavy atom. The molecule has 0 unspecified atom stereocenters. The van der Waals surface area contributed by atoms with E-state index in [2.05, 4.69) is 5.32 Å². The highest BCUT2D eigenvalue weighted by Gasteiger charge is 2.36. The van der Waals surface area contributed by atoms with Crippen LogP contribution in [0.2, 0.25) is 0 Å². The van der Waals surface area contributed by atoms with E-state index in [1.807, 2.05) is 36.4 Å². The number of rotatable bonds is 6. The fourth-order valence-electron chi connectivity index (χ4n) is 4.20. The monoisotopic (exact) mass is 437 g/mol. The smallest absolute Gasteiger partial charge is 0.255 e. The number of aliphatic hydroxyl groups excluding tert-OH is 2. The predicted octanol–water partition coefficient (Wildman–Crippen LogP) is 1.25. The highest BCUT2D eigenvalue weighted by atomic mass is 16.3. The first-order chi connectivity index (χ1) is 15.3. The summed E-state index contributed by atoms with van der Waals surface area (Å²) in [5, 5.41) is 23.3. The van der Waals surface area contributed by atoms with E-state index in [9.17, 15) is 24.6 Å². The van der Waals surface area contributed by atoms with Crippen LogP contribution < -0.4 is 10.2 Å². The Morgan fingerprint density at radius 2 is 1.59 bits per heavy atom. The van der Waals surface area contributed by atoms with Gasteiger partial charge in [-0.3, -0.25) is 14.4 Å². The summed E-state index contributed by atoms with van der Waals surface area (Å²) >= 11 is 0. The zero-order valence-electron chi connectivity index (χ0n) is 17.9. The van der Waals surface area contributed by atoms with E-state index in [-0.39, 0.29) is 5.91 Å². The minimum absolute atomic E-state index is 0.0991. The standard InChI is InChI=1S/C24H27N3O5/c1-15(16-8-10-19(11-9-16)27-12-4-7-20(27)28)25-23(31)21(29)22(30)24(32)26-13-17-5-2-3-6-18(17)14-26/h2-3,5-6,8-11,15,21-22,29-30H,4,7,12-14H2,1H3,(H,25,31)/t15-,21+,22+/m0/s1. The number of amides is 3. The number of carbonyl (C=O) groups is 3. The molecule has 0 saturated carbocycles. The number of benzene rings is 2. The van der Waals surface area contributed by atoms with Gasteiger partial charge in [0.2, 0.25) is 5.91 Å². The van der Waals surface area contributed by atoms with Crippen molar-refractivity contribution >= 4 is 23.4 Å². The van der Waals surface area contributed by atoms with Gasteiger partial charge >= 0.3 is 0 Å². The van der Waals surface area contributed by atoms with Crippen LogP contribution in [0.4, 0.5) is 5.69 Å². The Kier molecular flexibility index (Phi) is 6.25. The molecule has 0 spiro atoms. The van der Waals surface area contributed by atoms with E-state index in [0.717, 1.165) is 28.8 Å². The highest BCUT2D eigenvalue weighted by Crippen LogP contribution is 2.25. The number of nitrogens with one attached hydrogen (secondary N) is 1. The summed E-state index contributed by atoms with van der Waals surface area (Å²) in [5.41, 5.74) is 3.55. The van der Waals surface area contributed by atoms with E-state index >= 15 is 0 Å². The van der Waals surface area contributed by atoms with Crippen molar-refractivity contribution in [2.45, 2.75) is 51.1 Å². The first-order valence-electron chi connectivity index (χ1n) is 10.8. The molecule has 0 radical (unpaired) electrons. The molecule has 0 bridgehead atoms. The Hall–Kier alpha value is -3.23. The fourth-order valence-corrected chi connectivity index (χ4v) is 4.20. The van der Waals surface area contributed by atoms with E-state index in [1.54, 1.807) is 24.0 Å². The SMILES string of the molecule is C[C@H](NC(=O)[C@H](O)[C@@H](O)C(=O)N1Cc2ccccc2C1)c1ccc(N2CCCC2=O)cc1. The number of hydrogen-bond donors (Lipinski definition) is 3. The molecule has 4 rings (SSSR count). The molecule has 2 aliphatic rings. The zero-order valence-corrected chi connectivity index (χ0v) is 17.9. The minimum atomic E-state index is -1.88. The molecule has 32 heavy (non-hydrogen) atoms. The molecule has 0 aromatic heterocycles. The second-order valence-corrected chi connectivity index (χ2v) is 8.32. The third-order valence-electron chi connectivity index (χ3n) is 6.11. The van der Waals surface area contributed by atoms with Crippen molar-refractivity contribution in [1.82, 2.24) is 10.2 Å². The van der Waals surface area contributed by atoms with Gasteiger partial charge in [-0.05, 0) is 42.2 Å². The van der Waals surface area contributed by atoms with Gasteiger partial charge in [-0.2, -0.15) is 0 Å². The molecule has 1 fully saturated rings. The lowest BCUT2D eigenvalue weighted by Gasteiger charge is -2.24. The summed E-state index contributed by atoms with van der Waals surface area (Å²) in [6, 6.07) is 14.4. The maximum Gasteiger partial charge on any atom is 0.255 e. The summed E-state index contributed by atoms with van der Waals surface area (Å²) in [6.45, 7) is 3.11. The van der Waals surface area contributed by atoms with Crippen LogP contribution in [0.3, 0.4) is 0 Å². The van der Waals surface area contributed by atoms with Gasteiger partial charge in [-0.1, -0.05) is 36.4 Å². The third-order valence-corrected chi connectivity index (χ3v) is 6.11. The third kappa shape index (κ3) is 4.37. The molecule has 2 aliphatic heterocycles. The van der Waals surface area contributed by atoms with Crippen molar-refractivity contribution in [3.8, 4) is 0 Å². The number of aliphatic hydroxyl groups is 2. The molecule has 2 heterocycles. The van der Waals surface area contributed by atoms with Crippen LogP contribution in [-0.2, 0) is 27.5 Å². The average molecular weight is 437 g/mol. The Balaban J connectivity index is 1.33. The first-order valence-corrected chi connectivity index (χ1v) is 10.8. The number of fused-ring (bicyclic) bond motifs is 1. The van der Waals surface area contributed by atoms with Crippen molar-refractivity contribution in [3.63, 3.8) is 0 Å². The van der Waals surface area contributed by atoms with Gasteiger partial charge in [0, 0.05) is 31.7 Å². The maximum atomic E-state index is 12.6. The molecule has 1 saturated heterocycles. The fraction of sp³-hybridized carbons (Fsp3) is 0.375. The number of nitrogens with zero attached hydrogens (tertiary/aromatic N) is 2. The lowest BCUT2D eigenvalue weighted by atomic mass is 10.1. The van der Waals surface area contributed by atoms with Crippen molar-refractivity contribution in [2.24, 2.45) is 0 Å². The second kappa shape index (κ2) is 9.10. The Bertz CT molecular complexity index is 998. The van der Waals surface area contributed by atoms with Gasteiger partial charge in [0.15, 0.2) is 12.2 Å². The lowest BCUT2D eigenvalue weighted by molar-refractivity contribution is -0.153. The Labute approximate surface area is 186 Å². The van der Waals surface area contributed by atoms with Crippen LogP contribution in [0.15, 0.2) is 48.5 Å². The van der Waals surface area contributed by atoms with Crippen molar-refractivity contribution in [1.29, 1.82) is 0 Å².